The van der Waals surface area contributed by atoms with Gasteiger partial charge in [-0.1, -0.05) is 15.9 Å². The molecule has 2 amide bonds. The molecule has 10 heavy (non-hydrogen) atoms. The van der Waals surface area contributed by atoms with Gasteiger partial charge in [0.15, 0.2) is 0 Å². The van der Waals surface area contributed by atoms with Crippen molar-refractivity contribution in [2.45, 2.75) is 12.8 Å². The van der Waals surface area contributed by atoms with Crippen molar-refractivity contribution in [3.63, 3.8) is 0 Å². The molecule has 0 aromatic carbocycles. The summed E-state index contributed by atoms with van der Waals surface area (Å²) in [5.41, 5.74) is 0. The summed E-state index contributed by atoms with van der Waals surface area (Å²) in [5, 5.41) is 0.671. The van der Waals surface area contributed by atoms with Crippen LogP contribution in [0.3, 0.4) is 0 Å². The fourth-order valence-electron chi connectivity index (χ4n) is 0.957. The number of carbonyl (C=O) groups is 2. The molecule has 0 spiro atoms. The highest BCUT2D eigenvalue weighted by Crippen LogP contribution is 2.10. The Morgan fingerprint density at radius 2 is 1.80 bits per heavy atom. The van der Waals surface area contributed by atoms with E-state index in [1.54, 1.807) is 0 Å². The van der Waals surface area contributed by atoms with Crippen LogP contribution < -0.4 is 0 Å². The van der Waals surface area contributed by atoms with Gasteiger partial charge in [0.2, 0.25) is 11.8 Å². The lowest BCUT2D eigenvalue weighted by atomic mass is 10.4. The zero-order valence-electron chi connectivity index (χ0n) is 5.47. The number of amides is 2. The predicted molar refractivity (Wildman–Crippen MR) is 39.7 cm³/mol. The molecule has 0 aliphatic carbocycles. The van der Waals surface area contributed by atoms with Gasteiger partial charge in [0, 0.05) is 24.7 Å². The minimum atomic E-state index is -0.0375. The quantitative estimate of drug-likeness (QED) is 0.488. The molecule has 1 heterocycles. The van der Waals surface area contributed by atoms with Crippen LogP contribution in [-0.4, -0.2) is 28.6 Å². The van der Waals surface area contributed by atoms with E-state index in [1.165, 1.54) is 4.90 Å². The molecule has 0 aromatic heterocycles. The van der Waals surface area contributed by atoms with E-state index in [0.717, 1.165) is 0 Å². The first-order valence-electron chi connectivity index (χ1n) is 3.15. The van der Waals surface area contributed by atoms with Gasteiger partial charge < -0.3 is 0 Å². The molecule has 0 radical (unpaired) electrons. The van der Waals surface area contributed by atoms with Crippen molar-refractivity contribution in [2.24, 2.45) is 0 Å². The van der Waals surface area contributed by atoms with Crippen LogP contribution in [0.1, 0.15) is 12.8 Å². The number of halogens is 1. The lowest BCUT2D eigenvalue weighted by Gasteiger charge is -2.10. The number of likely N-dealkylation sites (tertiary alicyclic amines) is 1. The Balaban J connectivity index is 2.54. The van der Waals surface area contributed by atoms with Crippen LogP contribution in [0.5, 0.6) is 0 Å². The van der Waals surface area contributed by atoms with Crippen molar-refractivity contribution in [2.75, 3.05) is 11.9 Å². The molecular formula is C6H8BrNO2. The number of hydrogen-bond donors (Lipinski definition) is 0. The summed E-state index contributed by atoms with van der Waals surface area (Å²) in [6, 6.07) is 0. The Labute approximate surface area is 67.5 Å². The summed E-state index contributed by atoms with van der Waals surface area (Å²) < 4.78 is 0. The van der Waals surface area contributed by atoms with Crippen molar-refractivity contribution in [1.29, 1.82) is 0 Å². The van der Waals surface area contributed by atoms with Crippen LogP contribution in [-0.2, 0) is 9.59 Å². The van der Waals surface area contributed by atoms with Gasteiger partial charge in [-0.3, -0.25) is 14.5 Å². The molecule has 1 rings (SSSR count). The lowest BCUT2D eigenvalue weighted by molar-refractivity contribution is -0.137. The zero-order chi connectivity index (χ0) is 7.56. The third-order valence-electron chi connectivity index (χ3n) is 1.46. The number of nitrogens with zero attached hydrogens (tertiary/aromatic N) is 1. The van der Waals surface area contributed by atoms with E-state index in [1.807, 2.05) is 0 Å². The maximum absolute atomic E-state index is 10.9. The van der Waals surface area contributed by atoms with Gasteiger partial charge in [0.1, 0.15) is 0 Å². The summed E-state index contributed by atoms with van der Waals surface area (Å²) in [5.74, 6) is -0.0751. The van der Waals surface area contributed by atoms with Crippen LogP contribution in [0.15, 0.2) is 0 Å². The minimum Gasteiger partial charge on any atom is -0.282 e. The van der Waals surface area contributed by atoms with Crippen LogP contribution in [0, 0.1) is 0 Å². The van der Waals surface area contributed by atoms with Crippen LogP contribution in [0.2, 0.25) is 0 Å². The molecule has 1 fully saturated rings. The number of imide groups is 1. The normalized spacial score (nSPS) is 18.7. The highest BCUT2D eigenvalue weighted by atomic mass is 79.9. The maximum atomic E-state index is 10.9. The van der Waals surface area contributed by atoms with Gasteiger partial charge in [0.05, 0.1) is 0 Å². The first-order valence-corrected chi connectivity index (χ1v) is 4.27. The second kappa shape index (κ2) is 3.14. The molecule has 0 atom stereocenters. The lowest BCUT2D eigenvalue weighted by Crippen LogP contribution is -2.30. The van der Waals surface area contributed by atoms with Crippen molar-refractivity contribution < 1.29 is 9.59 Å². The van der Waals surface area contributed by atoms with Crippen molar-refractivity contribution in [3.05, 3.63) is 0 Å². The standard InChI is InChI=1S/C6H8BrNO2/c7-3-4-8-5(9)1-2-6(8)10/h1-4H2. The molecule has 0 unspecified atom stereocenters. The van der Waals surface area contributed by atoms with E-state index in [0.29, 0.717) is 24.7 Å². The number of rotatable bonds is 2. The second-order valence-electron chi connectivity index (χ2n) is 2.13. The van der Waals surface area contributed by atoms with Crippen LogP contribution >= 0.6 is 15.9 Å². The summed E-state index contributed by atoms with van der Waals surface area (Å²) in [4.78, 5) is 23.0. The zero-order valence-corrected chi connectivity index (χ0v) is 7.06. The maximum Gasteiger partial charge on any atom is 0.229 e. The molecule has 1 aliphatic heterocycles. The Hall–Kier alpha value is -0.380. The van der Waals surface area contributed by atoms with Crippen molar-refractivity contribution in [1.82, 2.24) is 4.90 Å². The minimum absolute atomic E-state index is 0.0375. The average molecular weight is 206 g/mol. The number of hydrogen-bond acceptors (Lipinski definition) is 2. The molecular weight excluding hydrogens is 198 g/mol. The van der Waals surface area contributed by atoms with Crippen molar-refractivity contribution in [3.8, 4) is 0 Å². The highest BCUT2D eigenvalue weighted by Gasteiger charge is 2.27. The summed E-state index contributed by atoms with van der Waals surface area (Å²) in [6.45, 7) is 0.512. The average Bonchev–Trinajstić information content (AvgIpc) is 2.20. The smallest absolute Gasteiger partial charge is 0.229 e. The first-order chi connectivity index (χ1) is 4.75. The molecule has 3 nitrogen and oxygen atoms in total. The first kappa shape index (κ1) is 7.72. The summed E-state index contributed by atoms with van der Waals surface area (Å²) in [7, 11) is 0. The largest absolute Gasteiger partial charge is 0.282 e. The van der Waals surface area contributed by atoms with E-state index in [9.17, 15) is 9.59 Å². The third kappa shape index (κ3) is 1.37. The molecule has 0 bridgehead atoms. The topological polar surface area (TPSA) is 37.4 Å². The third-order valence-corrected chi connectivity index (χ3v) is 1.82. The fourth-order valence-corrected chi connectivity index (χ4v) is 1.31. The van der Waals surface area contributed by atoms with Crippen LogP contribution in [0.4, 0.5) is 0 Å². The molecule has 0 N–H and O–H groups in total. The Kier molecular flexibility index (Phi) is 2.43. The molecule has 0 saturated carbocycles. The summed E-state index contributed by atoms with van der Waals surface area (Å²) in [6.07, 6.45) is 0.789. The fraction of sp³-hybridized carbons (Fsp3) is 0.667. The molecule has 4 heteroatoms. The summed E-state index contributed by atoms with van der Waals surface area (Å²) >= 11 is 3.17. The molecule has 56 valence electrons. The molecule has 1 aliphatic rings. The van der Waals surface area contributed by atoms with Crippen molar-refractivity contribution >= 4 is 27.7 Å². The molecule has 0 aromatic rings. The van der Waals surface area contributed by atoms with E-state index >= 15 is 0 Å². The van der Waals surface area contributed by atoms with E-state index in [4.69, 9.17) is 0 Å². The van der Waals surface area contributed by atoms with Gasteiger partial charge in [-0.25, -0.2) is 0 Å². The van der Waals surface area contributed by atoms with Crippen LogP contribution in [0.25, 0.3) is 0 Å². The van der Waals surface area contributed by atoms with E-state index in [2.05, 4.69) is 15.9 Å². The van der Waals surface area contributed by atoms with Gasteiger partial charge in [0.25, 0.3) is 0 Å². The van der Waals surface area contributed by atoms with E-state index in [-0.39, 0.29) is 11.8 Å². The predicted octanol–water partition coefficient (Wildman–Crippen LogP) is 0.530. The Morgan fingerprint density at radius 1 is 1.30 bits per heavy atom. The molecule has 1 saturated heterocycles. The second-order valence-corrected chi connectivity index (χ2v) is 2.92. The number of alkyl halides is 1. The van der Waals surface area contributed by atoms with Gasteiger partial charge in [-0.05, 0) is 0 Å². The SMILES string of the molecule is O=C1CCC(=O)N1CCBr. The Morgan fingerprint density at radius 3 is 2.20 bits per heavy atom. The van der Waals surface area contributed by atoms with Gasteiger partial charge in [-0.2, -0.15) is 0 Å². The van der Waals surface area contributed by atoms with E-state index < -0.39 is 0 Å². The highest BCUT2D eigenvalue weighted by molar-refractivity contribution is 9.09. The monoisotopic (exact) mass is 205 g/mol. The Bertz CT molecular complexity index is 153. The number of carbonyl (C=O) groups excluding carboxylic acids is 2. The van der Waals surface area contributed by atoms with Gasteiger partial charge >= 0.3 is 0 Å². The van der Waals surface area contributed by atoms with Gasteiger partial charge in [-0.15, -0.1) is 0 Å².